The van der Waals surface area contributed by atoms with E-state index in [1.807, 2.05) is 0 Å². The van der Waals surface area contributed by atoms with Gasteiger partial charge in [-0.3, -0.25) is 9.59 Å². The fourth-order valence-electron chi connectivity index (χ4n) is 2.88. The van der Waals surface area contributed by atoms with Crippen LogP contribution in [-0.4, -0.2) is 44.7 Å². The van der Waals surface area contributed by atoms with Crippen LogP contribution in [0.15, 0.2) is 35.2 Å². The van der Waals surface area contributed by atoms with Crippen LogP contribution in [-0.2, 0) is 19.6 Å². The zero-order valence-corrected chi connectivity index (χ0v) is 17.6. The fourth-order valence-corrected chi connectivity index (χ4v) is 4.40. The number of benzene rings is 2. The molecule has 0 saturated heterocycles. The van der Waals surface area contributed by atoms with Crippen LogP contribution in [0.2, 0.25) is 5.02 Å². The van der Waals surface area contributed by atoms with Gasteiger partial charge in [-0.15, -0.1) is 0 Å². The first-order valence-electron chi connectivity index (χ1n) is 8.68. The summed E-state index contributed by atoms with van der Waals surface area (Å²) in [6.07, 6.45) is 0. The zero-order chi connectivity index (χ0) is 21.3. The molecule has 2 amide bonds. The van der Waals surface area contributed by atoms with E-state index in [1.165, 1.54) is 19.2 Å². The van der Waals surface area contributed by atoms with Gasteiger partial charge in [0.15, 0.2) is 6.61 Å². The Morgan fingerprint density at radius 3 is 2.76 bits per heavy atom. The minimum absolute atomic E-state index is 0.00151. The number of hydrogen-bond acceptors (Lipinski definition) is 5. The normalized spacial score (nSPS) is 13.5. The smallest absolute Gasteiger partial charge is 0.262 e. The van der Waals surface area contributed by atoms with Gasteiger partial charge in [-0.25, -0.2) is 8.42 Å². The molecule has 3 rings (SSSR count). The summed E-state index contributed by atoms with van der Waals surface area (Å²) in [6.45, 7) is 2.79. The first kappa shape index (κ1) is 21.1. The van der Waals surface area contributed by atoms with E-state index in [1.54, 1.807) is 32.0 Å². The number of halogens is 1. The van der Waals surface area contributed by atoms with Gasteiger partial charge in [0.05, 0.1) is 17.1 Å². The second-order valence-electron chi connectivity index (χ2n) is 6.67. The number of ether oxygens (including phenoxy) is 1. The molecule has 1 aliphatic rings. The predicted molar refractivity (Wildman–Crippen MR) is 110 cm³/mol. The van der Waals surface area contributed by atoms with Gasteiger partial charge in [-0.2, -0.15) is 4.31 Å². The summed E-state index contributed by atoms with van der Waals surface area (Å²) in [7, 11) is -2.65. The van der Waals surface area contributed by atoms with Crippen LogP contribution in [0.5, 0.6) is 5.75 Å². The molecule has 0 radical (unpaired) electrons. The zero-order valence-electron chi connectivity index (χ0n) is 16.1. The highest BCUT2D eigenvalue weighted by Gasteiger charge is 2.28. The molecule has 29 heavy (non-hydrogen) atoms. The number of sulfonamides is 1. The highest BCUT2D eigenvalue weighted by Crippen LogP contribution is 2.33. The number of nitrogens with zero attached hydrogens (tertiary/aromatic N) is 1. The highest BCUT2D eigenvalue weighted by molar-refractivity contribution is 7.89. The van der Waals surface area contributed by atoms with Gasteiger partial charge in [0.1, 0.15) is 5.75 Å². The maximum atomic E-state index is 13.0. The van der Waals surface area contributed by atoms with Gasteiger partial charge in [0.2, 0.25) is 15.9 Å². The van der Waals surface area contributed by atoms with E-state index in [9.17, 15) is 18.0 Å². The molecule has 0 spiro atoms. The van der Waals surface area contributed by atoms with Gasteiger partial charge in [0, 0.05) is 23.8 Å². The van der Waals surface area contributed by atoms with Crippen LogP contribution in [0, 0.1) is 13.8 Å². The van der Waals surface area contributed by atoms with Crippen molar-refractivity contribution in [1.29, 1.82) is 0 Å². The Morgan fingerprint density at radius 2 is 2.03 bits per heavy atom. The maximum absolute atomic E-state index is 13.0. The lowest BCUT2D eigenvalue weighted by Crippen LogP contribution is -2.35. The Bertz CT molecular complexity index is 1100. The average Bonchev–Trinajstić information content (AvgIpc) is 2.64. The van der Waals surface area contributed by atoms with Gasteiger partial charge in [0.25, 0.3) is 5.91 Å². The SMILES string of the molecule is Cc1cc2c(cc1S(=O)(=O)N(C)CC(=O)Nc1cccc(Cl)c1C)OCC(=O)N2. The quantitative estimate of drug-likeness (QED) is 0.747. The molecule has 0 aromatic heterocycles. The summed E-state index contributed by atoms with van der Waals surface area (Å²) in [4.78, 5) is 23.8. The molecule has 2 aromatic carbocycles. The fraction of sp³-hybridized carbons (Fsp3) is 0.263. The largest absolute Gasteiger partial charge is 0.482 e. The molecule has 8 nitrogen and oxygen atoms in total. The number of amides is 2. The molecule has 154 valence electrons. The minimum atomic E-state index is -3.97. The number of carbonyl (C=O) groups excluding carboxylic acids is 2. The summed E-state index contributed by atoms with van der Waals surface area (Å²) in [6, 6.07) is 7.97. The van der Waals surface area contributed by atoms with Crippen LogP contribution in [0.3, 0.4) is 0 Å². The lowest BCUT2D eigenvalue weighted by atomic mass is 10.2. The molecule has 1 aliphatic heterocycles. The summed E-state index contributed by atoms with van der Waals surface area (Å²) in [5, 5.41) is 5.80. The van der Waals surface area contributed by atoms with Crippen LogP contribution in [0.1, 0.15) is 11.1 Å². The van der Waals surface area contributed by atoms with E-state index in [0.29, 0.717) is 27.5 Å². The van der Waals surface area contributed by atoms with Crippen molar-refractivity contribution in [2.75, 3.05) is 30.8 Å². The summed E-state index contributed by atoms with van der Waals surface area (Å²) in [5.74, 6) is -0.542. The van der Waals surface area contributed by atoms with E-state index in [2.05, 4.69) is 10.6 Å². The summed E-state index contributed by atoms with van der Waals surface area (Å²) < 4.78 is 32.2. The molecule has 2 aromatic rings. The van der Waals surface area contributed by atoms with E-state index in [-0.39, 0.29) is 29.7 Å². The average molecular weight is 438 g/mol. The van der Waals surface area contributed by atoms with Crippen LogP contribution in [0.4, 0.5) is 11.4 Å². The van der Waals surface area contributed by atoms with Crippen molar-refractivity contribution in [2.24, 2.45) is 0 Å². The highest BCUT2D eigenvalue weighted by atomic mass is 35.5. The lowest BCUT2D eigenvalue weighted by molar-refractivity contribution is -0.118. The third-order valence-electron chi connectivity index (χ3n) is 4.51. The minimum Gasteiger partial charge on any atom is -0.482 e. The molecule has 0 saturated carbocycles. The number of fused-ring (bicyclic) bond motifs is 1. The number of rotatable bonds is 5. The molecule has 2 N–H and O–H groups in total. The third-order valence-corrected chi connectivity index (χ3v) is 6.86. The van der Waals surface area contributed by atoms with Crippen molar-refractivity contribution in [1.82, 2.24) is 4.31 Å². The number of likely N-dealkylation sites (N-methyl/N-ethyl adjacent to an activating group) is 1. The maximum Gasteiger partial charge on any atom is 0.262 e. The van der Waals surface area contributed by atoms with Crippen molar-refractivity contribution in [3.63, 3.8) is 0 Å². The Morgan fingerprint density at radius 1 is 1.31 bits per heavy atom. The number of hydrogen-bond donors (Lipinski definition) is 2. The van der Waals surface area contributed by atoms with E-state index in [0.717, 1.165) is 4.31 Å². The van der Waals surface area contributed by atoms with Crippen LogP contribution in [0.25, 0.3) is 0 Å². The molecule has 1 heterocycles. The predicted octanol–water partition coefficient (Wildman–Crippen LogP) is 2.55. The van der Waals surface area contributed by atoms with Crippen molar-refractivity contribution in [2.45, 2.75) is 18.7 Å². The standard InChI is InChI=1S/C19H20ClN3O5S/c1-11-7-15-16(28-10-19(25)22-15)8-17(11)29(26,27)23(3)9-18(24)21-14-6-4-5-13(20)12(14)2/h4-8H,9-10H2,1-3H3,(H,21,24)(H,22,25). The Labute approximate surface area is 173 Å². The molecular weight excluding hydrogens is 418 g/mol. The molecular formula is C19H20ClN3O5S. The number of anilines is 2. The van der Waals surface area contributed by atoms with Crippen LogP contribution < -0.4 is 15.4 Å². The van der Waals surface area contributed by atoms with Crippen molar-refractivity contribution in [3.8, 4) is 5.75 Å². The van der Waals surface area contributed by atoms with E-state index in [4.69, 9.17) is 16.3 Å². The third kappa shape index (κ3) is 4.36. The number of carbonyl (C=O) groups is 2. The first-order chi connectivity index (χ1) is 13.6. The second kappa shape index (κ2) is 8.02. The first-order valence-corrected chi connectivity index (χ1v) is 10.5. The Hall–Kier alpha value is -2.62. The monoisotopic (exact) mass is 437 g/mol. The van der Waals surface area contributed by atoms with Crippen LogP contribution >= 0.6 is 11.6 Å². The molecule has 10 heteroatoms. The van der Waals surface area contributed by atoms with Crippen molar-refractivity contribution < 1.29 is 22.7 Å². The summed E-state index contributed by atoms with van der Waals surface area (Å²) >= 11 is 6.04. The molecule has 0 atom stereocenters. The summed E-state index contributed by atoms with van der Waals surface area (Å²) in [5.41, 5.74) is 2.04. The molecule has 0 unspecified atom stereocenters. The number of nitrogens with one attached hydrogen (secondary N) is 2. The van der Waals surface area contributed by atoms with Gasteiger partial charge in [-0.1, -0.05) is 17.7 Å². The van der Waals surface area contributed by atoms with Crippen molar-refractivity contribution >= 4 is 44.8 Å². The Kier molecular flexibility index (Phi) is 5.83. The van der Waals surface area contributed by atoms with Gasteiger partial charge < -0.3 is 15.4 Å². The molecule has 0 aliphatic carbocycles. The molecule has 0 fully saturated rings. The molecule has 0 bridgehead atoms. The van der Waals surface area contributed by atoms with Crippen molar-refractivity contribution in [3.05, 3.63) is 46.5 Å². The lowest BCUT2D eigenvalue weighted by Gasteiger charge is -2.22. The topological polar surface area (TPSA) is 105 Å². The van der Waals surface area contributed by atoms with Gasteiger partial charge in [-0.05, 0) is 43.2 Å². The number of aryl methyl sites for hydroxylation is 1. The Balaban J connectivity index is 1.79. The van der Waals surface area contributed by atoms with E-state index >= 15 is 0 Å². The second-order valence-corrected chi connectivity index (χ2v) is 9.09. The van der Waals surface area contributed by atoms with Gasteiger partial charge >= 0.3 is 0 Å². The van der Waals surface area contributed by atoms with E-state index < -0.39 is 15.9 Å².